The van der Waals surface area contributed by atoms with E-state index >= 15 is 0 Å². The molecule has 0 atom stereocenters. The zero-order valence-electron chi connectivity index (χ0n) is 7.76. The first-order chi connectivity index (χ1) is 6.36. The van der Waals surface area contributed by atoms with E-state index in [2.05, 4.69) is 15.7 Å². The monoisotopic (exact) mass is 178 g/mol. The molecule has 1 aliphatic carbocycles. The van der Waals surface area contributed by atoms with Crippen LogP contribution in [0.1, 0.15) is 31.7 Å². The second kappa shape index (κ2) is 3.83. The molecule has 0 spiro atoms. The lowest BCUT2D eigenvalue weighted by atomic mass is 9.92. The van der Waals surface area contributed by atoms with Crippen LogP contribution in [0.4, 0.5) is 0 Å². The Morgan fingerprint density at radius 2 is 2.00 bits per heavy atom. The topological polar surface area (TPSA) is 42.8 Å². The molecule has 0 aliphatic heterocycles. The van der Waals surface area contributed by atoms with Crippen LogP contribution in [0.15, 0.2) is 24.8 Å². The largest absolute Gasteiger partial charge is 0.328 e. The molecule has 3 nitrogen and oxygen atoms in total. The van der Waals surface area contributed by atoms with Gasteiger partial charge >= 0.3 is 0 Å². The average Bonchev–Trinajstić information content (AvgIpc) is 2.20. The molecule has 70 valence electrons. The summed E-state index contributed by atoms with van der Waals surface area (Å²) in [5.41, 5.74) is 5.85. The molecule has 1 saturated carbocycles. The summed E-state index contributed by atoms with van der Waals surface area (Å²) in [6.45, 7) is 0. The predicted octanol–water partition coefficient (Wildman–Crippen LogP) is 0.811. The van der Waals surface area contributed by atoms with Gasteiger partial charge in [-0.15, -0.1) is 0 Å². The van der Waals surface area contributed by atoms with Crippen molar-refractivity contribution >= 4 is 0 Å². The third kappa shape index (κ3) is 2.04. The molecular weight excluding hydrogens is 162 g/mol. The number of hydrogen-bond donors (Lipinski definition) is 1. The Morgan fingerprint density at radius 3 is 2.62 bits per heavy atom. The van der Waals surface area contributed by atoms with Crippen LogP contribution in [0.5, 0.6) is 0 Å². The van der Waals surface area contributed by atoms with Crippen LogP contribution in [0.25, 0.3) is 0 Å². The van der Waals surface area contributed by atoms with Crippen LogP contribution < -0.4 is 10.3 Å². The van der Waals surface area contributed by atoms with Crippen LogP contribution in [0.2, 0.25) is 0 Å². The van der Waals surface area contributed by atoms with Gasteiger partial charge in [0.25, 0.3) is 6.33 Å². The minimum atomic E-state index is 0.425. The molecule has 0 aromatic carbocycles. The van der Waals surface area contributed by atoms with Crippen molar-refractivity contribution in [3.63, 3.8) is 0 Å². The fourth-order valence-electron chi connectivity index (χ4n) is 1.96. The lowest BCUT2D eigenvalue weighted by molar-refractivity contribution is -0.728. The maximum atomic E-state index is 5.85. The summed E-state index contributed by atoms with van der Waals surface area (Å²) in [7, 11) is 0. The number of nitrogens with two attached hydrogens (primary N) is 1. The van der Waals surface area contributed by atoms with Gasteiger partial charge in [0.1, 0.15) is 12.2 Å². The van der Waals surface area contributed by atoms with Gasteiger partial charge in [-0.25, -0.2) is 4.57 Å². The van der Waals surface area contributed by atoms with Crippen LogP contribution in [-0.2, 0) is 0 Å². The third-order valence-electron chi connectivity index (χ3n) is 2.79. The second-order valence-electron chi connectivity index (χ2n) is 3.77. The number of nitrogens with zero attached hydrogens (tertiary/aromatic N) is 2. The lowest BCUT2D eigenvalue weighted by Crippen LogP contribution is -2.43. The van der Waals surface area contributed by atoms with Gasteiger partial charge in [0.05, 0.1) is 6.20 Å². The van der Waals surface area contributed by atoms with Gasteiger partial charge in [0, 0.05) is 12.1 Å². The molecule has 3 heteroatoms. The Balaban J connectivity index is 2.03. The van der Waals surface area contributed by atoms with Crippen molar-refractivity contribution in [3.05, 3.63) is 24.8 Å². The van der Waals surface area contributed by atoms with Crippen molar-refractivity contribution < 1.29 is 4.57 Å². The molecule has 0 amide bonds. The van der Waals surface area contributed by atoms with E-state index < -0.39 is 0 Å². The molecule has 13 heavy (non-hydrogen) atoms. The molecule has 2 N–H and O–H groups in total. The minimum absolute atomic E-state index is 0.425. The Bertz CT molecular complexity index is 252. The quantitative estimate of drug-likeness (QED) is 0.647. The molecule has 1 aromatic heterocycles. The smallest absolute Gasteiger partial charge is 0.286 e. The lowest BCUT2D eigenvalue weighted by Gasteiger charge is -2.23. The Kier molecular flexibility index (Phi) is 2.54. The molecule has 0 saturated heterocycles. The summed E-state index contributed by atoms with van der Waals surface area (Å²) in [5.74, 6) is 0. The van der Waals surface area contributed by atoms with E-state index in [1.165, 1.54) is 12.8 Å². The molecule has 1 aromatic rings. The highest BCUT2D eigenvalue weighted by atomic mass is 15.0. The molecule has 1 aliphatic rings. The maximum absolute atomic E-state index is 5.85. The van der Waals surface area contributed by atoms with Crippen molar-refractivity contribution in [1.82, 2.24) is 4.98 Å². The first-order valence-electron chi connectivity index (χ1n) is 4.92. The molecule has 0 unspecified atom stereocenters. The number of aromatic nitrogens is 2. The SMILES string of the molecule is NC1CCC([n+]2cccnc2)CC1. The van der Waals surface area contributed by atoms with Gasteiger partial charge in [-0.05, 0) is 25.7 Å². The van der Waals surface area contributed by atoms with Gasteiger partial charge in [-0.3, -0.25) is 0 Å². The predicted molar refractivity (Wildman–Crippen MR) is 49.9 cm³/mol. The number of rotatable bonds is 1. The zero-order valence-corrected chi connectivity index (χ0v) is 7.76. The first kappa shape index (κ1) is 8.63. The van der Waals surface area contributed by atoms with Crippen molar-refractivity contribution in [2.45, 2.75) is 37.8 Å². The number of hydrogen-bond acceptors (Lipinski definition) is 2. The van der Waals surface area contributed by atoms with Crippen LogP contribution in [0, 0.1) is 0 Å². The summed E-state index contributed by atoms with van der Waals surface area (Å²) >= 11 is 0. The van der Waals surface area contributed by atoms with E-state index in [1.54, 1.807) is 0 Å². The fourth-order valence-corrected chi connectivity index (χ4v) is 1.96. The average molecular weight is 178 g/mol. The van der Waals surface area contributed by atoms with Gasteiger partial charge < -0.3 is 5.73 Å². The zero-order chi connectivity index (χ0) is 9.10. The van der Waals surface area contributed by atoms with Crippen LogP contribution >= 0.6 is 0 Å². The summed E-state index contributed by atoms with van der Waals surface area (Å²) in [5, 5.41) is 0. The molecular formula is C10H16N3+. The molecule has 1 fully saturated rings. The van der Waals surface area contributed by atoms with Gasteiger partial charge in [-0.2, -0.15) is 0 Å². The Hall–Kier alpha value is -0.960. The standard InChI is InChI=1S/C10H16N3/c11-9-2-4-10(5-3-9)13-7-1-6-12-8-13/h1,6-10H,2-5,11H2/q+1. The highest BCUT2D eigenvalue weighted by Gasteiger charge is 2.22. The van der Waals surface area contributed by atoms with Crippen molar-refractivity contribution in [2.24, 2.45) is 5.73 Å². The molecule has 0 bridgehead atoms. The maximum Gasteiger partial charge on any atom is 0.286 e. The van der Waals surface area contributed by atoms with Crippen molar-refractivity contribution in [2.75, 3.05) is 0 Å². The van der Waals surface area contributed by atoms with Crippen molar-refractivity contribution in [1.29, 1.82) is 0 Å². The Labute approximate surface area is 78.6 Å². The molecule has 0 radical (unpaired) electrons. The van der Waals surface area contributed by atoms with Crippen molar-refractivity contribution in [3.8, 4) is 0 Å². The van der Waals surface area contributed by atoms with Gasteiger partial charge in [0.2, 0.25) is 0 Å². The highest BCUT2D eigenvalue weighted by Crippen LogP contribution is 2.22. The van der Waals surface area contributed by atoms with Gasteiger partial charge in [0.15, 0.2) is 0 Å². The van der Waals surface area contributed by atoms with E-state index in [0.717, 1.165) is 12.8 Å². The summed E-state index contributed by atoms with van der Waals surface area (Å²) < 4.78 is 2.20. The van der Waals surface area contributed by atoms with Crippen LogP contribution in [0.3, 0.4) is 0 Å². The summed E-state index contributed by atoms with van der Waals surface area (Å²) in [6, 6.07) is 3.02. The van der Waals surface area contributed by atoms with E-state index in [0.29, 0.717) is 12.1 Å². The van der Waals surface area contributed by atoms with E-state index in [-0.39, 0.29) is 0 Å². The summed E-state index contributed by atoms with van der Waals surface area (Å²) in [4.78, 5) is 4.11. The van der Waals surface area contributed by atoms with Crippen LogP contribution in [-0.4, -0.2) is 11.0 Å². The van der Waals surface area contributed by atoms with E-state index in [4.69, 9.17) is 5.73 Å². The molecule has 2 rings (SSSR count). The van der Waals surface area contributed by atoms with Gasteiger partial charge in [-0.1, -0.05) is 4.98 Å². The molecule has 1 heterocycles. The summed E-state index contributed by atoms with van der Waals surface area (Å²) in [6.07, 6.45) is 10.5. The second-order valence-corrected chi connectivity index (χ2v) is 3.77. The van der Waals surface area contributed by atoms with E-state index in [9.17, 15) is 0 Å². The third-order valence-corrected chi connectivity index (χ3v) is 2.79. The highest BCUT2D eigenvalue weighted by molar-refractivity contribution is 4.74. The first-order valence-corrected chi connectivity index (χ1v) is 4.92. The minimum Gasteiger partial charge on any atom is -0.328 e. The fraction of sp³-hybridized carbons (Fsp3) is 0.600. The van der Waals surface area contributed by atoms with E-state index in [1.807, 2.05) is 18.6 Å². The normalized spacial score (nSPS) is 28.7. The Morgan fingerprint density at radius 1 is 1.23 bits per heavy atom.